The number of nitrogens with zero attached hydrogens (tertiary/aromatic N) is 1. The summed E-state index contributed by atoms with van der Waals surface area (Å²) in [4.78, 5) is 39.6. The number of allylic oxidation sites excluding steroid dienone is 3. The van der Waals surface area contributed by atoms with Crippen LogP contribution in [-0.2, 0) is 9.59 Å². The molecule has 0 saturated heterocycles. The highest BCUT2D eigenvalue weighted by atomic mass is 35.5. The Kier molecular flexibility index (Phi) is 5.90. The van der Waals surface area contributed by atoms with E-state index in [1.54, 1.807) is 26.0 Å². The Balaban J connectivity index is 2.46. The molecular weight excluding hydrogens is 406 g/mol. The monoisotopic (exact) mass is 429 g/mol. The number of Topliss-reactive ketones (excluding diaryl/α,β-unsaturated/α-hetero) is 1. The second kappa shape index (κ2) is 8.11. The number of hydrogen-bond acceptors (Lipinski definition) is 5. The minimum Gasteiger partial charge on any atom is -0.478 e. The lowest BCUT2D eigenvalue weighted by Crippen LogP contribution is -2.34. The molecule has 1 aliphatic rings. The molecule has 0 spiro atoms. The number of benzene rings is 1. The Bertz CT molecular complexity index is 1150. The van der Waals surface area contributed by atoms with Crippen LogP contribution in [-0.4, -0.2) is 28.3 Å². The largest absolute Gasteiger partial charge is 0.478 e. The molecule has 7 heteroatoms. The smallest absolute Gasteiger partial charge is 0.334 e. The number of rotatable bonds is 5. The molecule has 1 aromatic heterocycles. The van der Waals surface area contributed by atoms with Crippen molar-refractivity contribution in [2.45, 2.75) is 47.0 Å². The molecule has 1 unspecified atom stereocenters. The minimum absolute atomic E-state index is 0.0898. The Hall–Kier alpha value is -2.86. The number of carbonyl (C=O) groups is 2. The van der Waals surface area contributed by atoms with Gasteiger partial charge in [0.15, 0.2) is 11.2 Å². The Labute approximate surface area is 179 Å². The Morgan fingerprint density at radius 3 is 2.37 bits per heavy atom. The van der Waals surface area contributed by atoms with E-state index in [1.807, 2.05) is 18.7 Å². The third-order valence-electron chi connectivity index (χ3n) is 5.52. The summed E-state index contributed by atoms with van der Waals surface area (Å²) >= 11 is 6.27. The topological polar surface area (TPSA) is 87.8 Å². The zero-order chi connectivity index (χ0) is 22.3. The van der Waals surface area contributed by atoms with Crippen LogP contribution >= 0.6 is 11.6 Å². The van der Waals surface area contributed by atoms with Gasteiger partial charge in [0.25, 0.3) is 0 Å². The highest BCUT2D eigenvalue weighted by Gasteiger charge is 2.39. The van der Waals surface area contributed by atoms with Gasteiger partial charge in [-0.2, -0.15) is 0 Å². The zero-order valence-corrected chi connectivity index (χ0v) is 18.4. The molecule has 1 aliphatic heterocycles. The molecule has 0 radical (unpaired) electrons. The van der Waals surface area contributed by atoms with Crippen molar-refractivity contribution in [3.8, 4) is 0 Å². The van der Waals surface area contributed by atoms with Gasteiger partial charge in [-0.3, -0.25) is 9.59 Å². The van der Waals surface area contributed by atoms with E-state index in [0.717, 1.165) is 6.42 Å². The lowest BCUT2D eigenvalue weighted by molar-refractivity contribution is -0.133. The number of carboxylic acids is 1. The molecule has 0 amide bonds. The number of hydrogen-bond donors (Lipinski definition) is 1. The van der Waals surface area contributed by atoms with Crippen molar-refractivity contribution in [1.82, 2.24) is 4.90 Å². The van der Waals surface area contributed by atoms with Crippen LogP contribution in [0.4, 0.5) is 0 Å². The van der Waals surface area contributed by atoms with Crippen molar-refractivity contribution < 1.29 is 19.1 Å². The van der Waals surface area contributed by atoms with Crippen LogP contribution < -0.4 is 5.43 Å². The number of ketones is 1. The second-order valence-corrected chi connectivity index (χ2v) is 7.91. The highest BCUT2D eigenvalue weighted by Crippen LogP contribution is 2.44. The van der Waals surface area contributed by atoms with Crippen molar-refractivity contribution in [2.75, 3.05) is 6.54 Å². The SMILES string of the molecule is CCCN1C(C)=C(C(C)=O)C(c2ccc(Cl)c3c(=O)cc(C)oc23)C(C(=O)O)=C1C. The zero-order valence-electron chi connectivity index (χ0n) is 17.6. The molecule has 158 valence electrons. The fourth-order valence-electron chi connectivity index (χ4n) is 4.30. The molecule has 1 aromatic carbocycles. The summed E-state index contributed by atoms with van der Waals surface area (Å²) in [6.07, 6.45) is 0.787. The van der Waals surface area contributed by atoms with Crippen LogP contribution in [0.5, 0.6) is 0 Å². The Morgan fingerprint density at radius 2 is 1.80 bits per heavy atom. The number of aliphatic carboxylic acids is 1. The normalized spacial score (nSPS) is 17.1. The number of carbonyl (C=O) groups excluding carboxylic acids is 1. The molecule has 0 fully saturated rings. The number of aryl methyl sites for hydroxylation is 1. The van der Waals surface area contributed by atoms with Gasteiger partial charge in [-0.15, -0.1) is 0 Å². The van der Waals surface area contributed by atoms with Gasteiger partial charge in [0, 0.05) is 35.1 Å². The van der Waals surface area contributed by atoms with Crippen LogP contribution in [0.1, 0.15) is 51.4 Å². The summed E-state index contributed by atoms with van der Waals surface area (Å²) < 4.78 is 5.86. The summed E-state index contributed by atoms with van der Waals surface area (Å²) in [6.45, 7) is 9.21. The lowest BCUT2D eigenvalue weighted by atomic mass is 9.77. The van der Waals surface area contributed by atoms with Gasteiger partial charge in [0.2, 0.25) is 0 Å². The first-order chi connectivity index (χ1) is 14.1. The molecule has 0 saturated carbocycles. The summed E-state index contributed by atoms with van der Waals surface area (Å²) in [6, 6.07) is 4.53. The summed E-state index contributed by atoms with van der Waals surface area (Å²) in [7, 11) is 0. The highest BCUT2D eigenvalue weighted by molar-refractivity contribution is 6.35. The molecule has 1 N–H and O–H groups in total. The molecular formula is C23H24ClNO5. The summed E-state index contributed by atoms with van der Waals surface area (Å²) in [5.74, 6) is -1.86. The second-order valence-electron chi connectivity index (χ2n) is 7.51. The van der Waals surface area contributed by atoms with Gasteiger partial charge < -0.3 is 14.4 Å². The minimum atomic E-state index is -1.12. The van der Waals surface area contributed by atoms with Crippen LogP contribution in [0.2, 0.25) is 5.02 Å². The molecule has 0 aliphatic carbocycles. The molecule has 1 atom stereocenters. The molecule has 2 aromatic rings. The predicted octanol–water partition coefficient (Wildman–Crippen LogP) is 4.79. The van der Waals surface area contributed by atoms with E-state index in [9.17, 15) is 19.5 Å². The maximum atomic E-state index is 12.7. The average Bonchev–Trinajstić information content (AvgIpc) is 2.63. The van der Waals surface area contributed by atoms with Gasteiger partial charge in [-0.05, 0) is 40.2 Å². The van der Waals surface area contributed by atoms with E-state index >= 15 is 0 Å². The van der Waals surface area contributed by atoms with Crippen molar-refractivity contribution in [3.63, 3.8) is 0 Å². The fraction of sp³-hybridized carbons (Fsp3) is 0.348. The lowest BCUT2D eigenvalue weighted by Gasteiger charge is -2.37. The van der Waals surface area contributed by atoms with Gasteiger partial charge in [0.1, 0.15) is 11.3 Å². The van der Waals surface area contributed by atoms with Crippen LogP contribution in [0.15, 0.2) is 50.0 Å². The van der Waals surface area contributed by atoms with E-state index in [4.69, 9.17) is 16.0 Å². The number of carboxylic acid groups (broad SMARTS) is 1. The third kappa shape index (κ3) is 3.45. The van der Waals surface area contributed by atoms with E-state index in [2.05, 4.69) is 0 Å². The van der Waals surface area contributed by atoms with E-state index in [1.165, 1.54) is 13.0 Å². The van der Waals surface area contributed by atoms with Crippen LogP contribution in [0.3, 0.4) is 0 Å². The molecule has 3 rings (SSSR count). The summed E-state index contributed by atoms with van der Waals surface area (Å²) in [5, 5.41) is 10.5. The first kappa shape index (κ1) is 21.8. The van der Waals surface area contributed by atoms with E-state index in [-0.39, 0.29) is 32.8 Å². The van der Waals surface area contributed by atoms with Crippen molar-refractivity contribution >= 4 is 34.3 Å². The number of fused-ring (bicyclic) bond motifs is 1. The van der Waals surface area contributed by atoms with Gasteiger partial charge in [0.05, 0.1) is 21.9 Å². The quantitative estimate of drug-likeness (QED) is 0.735. The van der Waals surface area contributed by atoms with E-state index < -0.39 is 11.9 Å². The first-order valence-electron chi connectivity index (χ1n) is 9.76. The molecule has 30 heavy (non-hydrogen) atoms. The maximum absolute atomic E-state index is 12.7. The van der Waals surface area contributed by atoms with Gasteiger partial charge in [-0.1, -0.05) is 24.6 Å². The average molecular weight is 430 g/mol. The Morgan fingerprint density at radius 1 is 1.17 bits per heavy atom. The van der Waals surface area contributed by atoms with Crippen molar-refractivity contribution in [3.05, 3.63) is 67.3 Å². The first-order valence-corrected chi connectivity index (χ1v) is 10.1. The van der Waals surface area contributed by atoms with Gasteiger partial charge >= 0.3 is 5.97 Å². The summed E-state index contributed by atoms with van der Waals surface area (Å²) in [5.41, 5.74) is 2.06. The number of halogens is 1. The van der Waals surface area contributed by atoms with Gasteiger partial charge in [-0.25, -0.2) is 4.79 Å². The molecule has 2 heterocycles. The molecule has 6 nitrogen and oxygen atoms in total. The van der Waals surface area contributed by atoms with Crippen LogP contribution in [0, 0.1) is 6.92 Å². The van der Waals surface area contributed by atoms with Crippen molar-refractivity contribution in [1.29, 1.82) is 0 Å². The maximum Gasteiger partial charge on any atom is 0.334 e. The standard InChI is InChI=1S/C23H24ClNO5/c1-6-9-25-12(3)18(14(5)26)20(19(13(25)4)23(28)29)15-7-8-16(24)21-17(27)10-11(2)30-22(15)21/h7-8,10,20H,6,9H2,1-5H3,(H,28,29). The fourth-order valence-corrected chi connectivity index (χ4v) is 4.54. The third-order valence-corrected chi connectivity index (χ3v) is 5.83. The molecule has 0 bridgehead atoms. The van der Waals surface area contributed by atoms with Crippen LogP contribution in [0.25, 0.3) is 11.0 Å². The van der Waals surface area contributed by atoms with Crippen molar-refractivity contribution in [2.24, 2.45) is 0 Å². The van der Waals surface area contributed by atoms with E-state index in [0.29, 0.717) is 34.8 Å². The predicted molar refractivity (Wildman–Crippen MR) is 116 cm³/mol.